The van der Waals surface area contributed by atoms with Gasteiger partial charge in [-0.15, -0.1) is 0 Å². The fraction of sp³-hybridized carbons (Fsp3) is 1.00. The van der Waals surface area contributed by atoms with Gasteiger partial charge in [0.2, 0.25) is 6.23 Å². The van der Waals surface area contributed by atoms with Crippen LogP contribution in [0.3, 0.4) is 0 Å². The zero-order chi connectivity index (χ0) is 12.5. The lowest BCUT2D eigenvalue weighted by Crippen LogP contribution is -2.48. The van der Waals surface area contributed by atoms with Crippen LogP contribution in [0.25, 0.3) is 0 Å². The summed E-state index contributed by atoms with van der Waals surface area (Å²) >= 11 is 0. The molecule has 2 fully saturated rings. The highest BCUT2D eigenvalue weighted by atomic mass is 16.6. The molecule has 2 rings (SSSR count). The maximum Gasteiger partial charge on any atom is 0.235 e. The molecule has 100 valence electrons. The summed E-state index contributed by atoms with van der Waals surface area (Å²) < 4.78 is 12.4. The topological polar surface area (TPSA) is 33.8 Å². The van der Waals surface area contributed by atoms with Crippen LogP contribution in [0.2, 0.25) is 0 Å². The van der Waals surface area contributed by atoms with Crippen molar-refractivity contribution >= 4 is 0 Å². The zero-order valence-electron chi connectivity index (χ0n) is 11.6. The number of rotatable bonds is 8. The minimum atomic E-state index is 0.236. The van der Waals surface area contributed by atoms with Crippen LogP contribution in [0.4, 0.5) is 0 Å². The van der Waals surface area contributed by atoms with Gasteiger partial charge in [0.1, 0.15) is 0 Å². The first kappa shape index (κ1) is 13.3. The summed E-state index contributed by atoms with van der Waals surface area (Å²) in [6.07, 6.45) is 2.34. The molecule has 0 aromatic heterocycles. The predicted octanol–water partition coefficient (Wildman–Crippen LogP) is 1.17. The van der Waals surface area contributed by atoms with Crippen LogP contribution >= 0.6 is 0 Å². The quantitative estimate of drug-likeness (QED) is 0.395. The van der Waals surface area contributed by atoms with Gasteiger partial charge < -0.3 is 4.74 Å². The van der Waals surface area contributed by atoms with Crippen molar-refractivity contribution in [2.75, 3.05) is 33.3 Å². The molecule has 1 N–H and O–H groups in total. The van der Waals surface area contributed by atoms with Gasteiger partial charge in [0.25, 0.3) is 0 Å². The average molecular weight is 243 g/mol. The van der Waals surface area contributed by atoms with Gasteiger partial charge in [0.05, 0.1) is 32.8 Å². The first-order valence-corrected chi connectivity index (χ1v) is 6.95. The first-order chi connectivity index (χ1) is 8.10. The van der Waals surface area contributed by atoms with Crippen molar-refractivity contribution in [1.29, 1.82) is 0 Å². The molecule has 1 aliphatic carbocycles. The van der Waals surface area contributed by atoms with E-state index in [1.807, 2.05) is 0 Å². The monoisotopic (exact) mass is 243 g/mol. The second-order valence-corrected chi connectivity index (χ2v) is 5.64. The molecule has 1 saturated heterocycles. The number of likely N-dealkylation sites (N-methyl/N-ethyl adjacent to an activating group) is 1. The van der Waals surface area contributed by atoms with E-state index in [0.717, 1.165) is 36.6 Å². The van der Waals surface area contributed by atoms with Crippen LogP contribution in [-0.4, -0.2) is 56.3 Å². The van der Waals surface area contributed by atoms with Gasteiger partial charge in [-0.1, -0.05) is 6.92 Å². The molecule has 0 amide bonds. The molecule has 17 heavy (non-hydrogen) atoms. The Hall–Kier alpha value is -0.160. The van der Waals surface area contributed by atoms with E-state index in [2.05, 4.69) is 33.1 Å². The molecule has 4 heteroatoms. The molecule has 4 atom stereocenters. The number of ether oxygens (including phenoxy) is 2. The Morgan fingerprint density at radius 1 is 1.35 bits per heavy atom. The van der Waals surface area contributed by atoms with Crippen LogP contribution in [0.15, 0.2) is 0 Å². The van der Waals surface area contributed by atoms with Crippen LogP contribution < -0.4 is 5.32 Å². The lowest BCUT2D eigenvalue weighted by atomic mass is 10.4. The van der Waals surface area contributed by atoms with Crippen molar-refractivity contribution in [3.05, 3.63) is 0 Å². The lowest BCUT2D eigenvalue weighted by molar-refractivity contribution is -0.926. The van der Waals surface area contributed by atoms with Crippen molar-refractivity contribution in [1.82, 2.24) is 5.32 Å². The van der Waals surface area contributed by atoms with E-state index < -0.39 is 0 Å². The Morgan fingerprint density at radius 3 is 2.53 bits per heavy atom. The lowest BCUT2D eigenvalue weighted by Gasteiger charge is -2.30. The molecule has 0 spiro atoms. The van der Waals surface area contributed by atoms with E-state index in [-0.39, 0.29) is 6.23 Å². The third-order valence-corrected chi connectivity index (χ3v) is 4.34. The number of quaternary nitrogens is 1. The number of epoxide rings is 1. The third kappa shape index (κ3) is 3.19. The van der Waals surface area contributed by atoms with E-state index >= 15 is 0 Å². The van der Waals surface area contributed by atoms with Crippen LogP contribution in [-0.2, 0) is 9.47 Å². The Balaban J connectivity index is 1.56. The summed E-state index contributed by atoms with van der Waals surface area (Å²) in [5.74, 6) is 0.778. The molecule has 0 aromatic carbocycles. The minimum Gasteiger partial charge on any atom is -0.377 e. The molecule has 0 radical (unpaired) electrons. The van der Waals surface area contributed by atoms with Crippen LogP contribution in [0, 0.1) is 5.92 Å². The van der Waals surface area contributed by atoms with Gasteiger partial charge in [-0.2, -0.15) is 0 Å². The summed E-state index contributed by atoms with van der Waals surface area (Å²) in [4.78, 5) is 0. The van der Waals surface area contributed by atoms with Gasteiger partial charge in [0.15, 0.2) is 6.23 Å². The highest BCUT2D eigenvalue weighted by Crippen LogP contribution is 2.32. The summed E-state index contributed by atoms with van der Waals surface area (Å²) in [6, 6.07) is 0. The van der Waals surface area contributed by atoms with E-state index in [1.54, 1.807) is 0 Å². The number of hydrogen-bond acceptors (Lipinski definition) is 3. The van der Waals surface area contributed by atoms with Crippen LogP contribution in [0.5, 0.6) is 0 Å². The van der Waals surface area contributed by atoms with Gasteiger partial charge in [-0.3, -0.25) is 14.5 Å². The predicted molar refractivity (Wildman–Crippen MR) is 67.5 cm³/mol. The molecule has 4 nitrogen and oxygen atoms in total. The second-order valence-electron chi connectivity index (χ2n) is 5.64. The van der Waals surface area contributed by atoms with Crippen molar-refractivity contribution in [2.24, 2.45) is 5.92 Å². The Kier molecular flexibility index (Phi) is 4.08. The molecule has 1 heterocycles. The van der Waals surface area contributed by atoms with E-state index in [4.69, 9.17) is 9.47 Å². The Morgan fingerprint density at radius 2 is 2.00 bits per heavy atom. The first-order valence-electron chi connectivity index (χ1n) is 6.95. The number of nitrogens with one attached hydrogen (secondary N) is 1. The highest BCUT2D eigenvalue weighted by Gasteiger charge is 2.51. The normalized spacial score (nSPS) is 36.0. The number of nitrogens with zero attached hydrogens (tertiary/aromatic N) is 1. The molecule has 2 aliphatic rings. The smallest absolute Gasteiger partial charge is 0.235 e. The van der Waals surface area contributed by atoms with Crippen molar-refractivity contribution < 1.29 is 14.0 Å². The Labute approximate surface area is 105 Å². The standard InChI is InChI=1S/C13H27N2O2/c1-5-15(4,6-2)13-12(17-13)14-7-8-16-11-9-10(11)3/h10-14H,5-9H2,1-4H3/q+1/t10?,11-,12?,13?/m0/s1. The van der Waals surface area contributed by atoms with Gasteiger partial charge in [-0.25, -0.2) is 0 Å². The third-order valence-electron chi connectivity index (χ3n) is 4.34. The molecule has 3 unspecified atom stereocenters. The van der Waals surface area contributed by atoms with Crippen LogP contribution in [0.1, 0.15) is 27.2 Å². The summed E-state index contributed by atoms with van der Waals surface area (Å²) in [5, 5.41) is 3.42. The molecule has 0 aromatic rings. The summed E-state index contributed by atoms with van der Waals surface area (Å²) in [7, 11) is 2.26. The van der Waals surface area contributed by atoms with Crippen molar-refractivity contribution in [3.63, 3.8) is 0 Å². The zero-order valence-corrected chi connectivity index (χ0v) is 11.6. The molecule has 1 saturated carbocycles. The molecule has 1 aliphatic heterocycles. The van der Waals surface area contributed by atoms with E-state index in [9.17, 15) is 0 Å². The van der Waals surface area contributed by atoms with Gasteiger partial charge in [0, 0.05) is 6.54 Å². The fourth-order valence-corrected chi connectivity index (χ4v) is 2.24. The van der Waals surface area contributed by atoms with E-state index in [1.165, 1.54) is 6.42 Å². The van der Waals surface area contributed by atoms with Crippen molar-refractivity contribution in [2.45, 2.75) is 45.8 Å². The second kappa shape index (κ2) is 5.22. The SMILES string of the molecule is CC[N+](C)(CC)C1OC1NCCO[C@H]1CC1C. The Bertz CT molecular complexity index is 256. The molecular weight excluding hydrogens is 216 g/mol. The van der Waals surface area contributed by atoms with Crippen molar-refractivity contribution in [3.8, 4) is 0 Å². The summed E-state index contributed by atoms with van der Waals surface area (Å²) in [5.41, 5.74) is 0. The number of hydrogen-bond donors (Lipinski definition) is 1. The molecular formula is C13H27N2O2+. The maximum absolute atomic E-state index is 5.71. The minimum absolute atomic E-state index is 0.236. The highest BCUT2D eigenvalue weighted by molar-refractivity contribution is 4.83. The fourth-order valence-electron chi connectivity index (χ4n) is 2.24. The van der Waals surface area contributed by atoms with Gasteiger partial charge >= 0.3 is 0 Å². The maximum atomic E-state index is 5.71. The largest absolute Gasteiger partial charge is 0.377 e. The van der Waals surface area contributed by atoms with Gasteiger partial charge in [-0.05, 0) is 26.2 Å². The van der Waals surface area contributed by atoms with E-state index in [0.29, 0.717) is 12.3 Å². The average Bonchev–Trinajstić information content (AvgIpc) is 3.22. The summed E-state index contributed by atoms with van der Waals surface area (Å²) in [6.45, 7) is 10.6. The molecule has 0 bridgehead atoms.